The zero-order valence-electron chi connectivity index (χ0n) is 28.2. The summed E-state index contributed by atoms with van der Waals surface area (Å²) in [5.74, 6) is -1.04. The van der Waals surface area contributed by atoms with Crippen molar-refractivity contribution >= 4 is 64.2 Å². The van der Waals surface area contributed by atoms with Gasteiger partial charge in [0.25, 0.3) is 0 Å². The van der Waals surface area contributed by atoms with Crippen LogP contribution >= 0.6 is 23.2 Å². The van der Waals surface area contributed by atoms with Crippen molar-refractivity contribution in [3.8, 4) is 5.75 Å². The maximum absolute atomic E-state index is 14.0. The number of carbonyl (C=O) groups is 5. The Morgan fingerprint density at radius 1 is 0.824 bits per heavy atom. The average molecular weight is 739 g/mol. The Morgan fingerprint density at radius 3 is 2.24 bits per heavy atom. The molecule has 0 radical (unpaired) electrons. The van der Waals surface area contributed by atoms with E-state index < -0.39 is 36.5 Å². The third kappa shape index (κ3) is 10.0. The Bertz CT molecular complexity index is 1700. The SMILES string of the molecule is COc1ccc(NC(=O)NCC(=O)NCC(=O)N[C@@H](Cc2ccccc2)C(=O)N2CCC[C@H]2C(=O)N2CCN(c3cccc(Cl)c3Cl)CC2)cc1. The molecule has 0 spiro atoms. The molecule has 0 aliphatic carbocycles. The first-order valence-electron chi connectivity index (χ1n) is 16.7. The van der Waals surface area contributed by atoms with Gasteiger partial charge in [-0.3, -0.25) is 19.2 Å². The lowest BCUT2D eigenvalue weighted by molar-refractivity contribution is -0.145. The van der Waals surface area contributed by atoms with Crippen molar-refractivity contribution in [2.24, 2.45) is 0 Å². The normalized spacial score (nSPS) is 16.2. The molecule has 3 aromatic carbocycles. The third-order valence-corrected chi connectivity index (χ3v) is 9.61. The molecule has 2 atom stereocenters. The minimum absolute atomic E-state index is 0.127. The van der Waals surface area contributed by atoms with Gasteiger partial charge in [-0.2, -0.15) is 0 Å². The number of anilines is 2. The molecule has 15 heteroatoms. The van der Waals surface area contributed by atoms with E-state index in [0.717, 1.165) is 11.3 Å². The highest BCUT2D eigenvalue weighted by Gasteiger charge is 2.40. The van der Waals surface area contributed by atoms with Crippen LogP contribution in [0.15, 0.2) is 72.8 Å². The fraction of sp³-hybridized carbons (Fsp3) is 0.361. The Labute approximate surface area is 306 Å². The van der Waals surface area contributed by atoms with Crippen molar-refractivity contribution in [3.05, 3.63) is 88.4 Å². The Hall–Kier alpha value is -5.01. The number of hydrogen-bond donors (Lipinski definition) is 4. The number of rotatable bonds is 12. The van der Waals surface area contributed by atoms with E-state index in [-0.39, 0.29) is 24.8 Å². The van der Waals surface area contributed by atoms with E-state index in [2.05, 4.69) is 26.2 Å². The highest BCUT2D eigenvalue weighted by Crippen LogP contribution is 2.33. The van der Waals surface area contributed by atoms with Crippen molar-refractivity contribution in [1.82, 2.24) is 25.8 Å². The summed E-state index contributed by atoms with van der Waals surface area (Å²) in [6.45, 7) is 1.64. The standard InChI is InChI=1S/C36H41Cl2N7O6/c1-51-26-14-12-25(13-15-26)41-36(50)40-22-31(46)39-23-32(47)42-28(21-24-7-3-2-4-8-24)34(48)45-16-6-11-30(45)35(49)44-19-17-43(18-20-44)29-10-5-9-27(37)33(29)38/h2-5,7-10,12-15,28,30H,6,11,16-23H2,1H3,(H,39,46)(H,42,47)(H2,40,41,50)/t28-,30-/m0/s1. The topological polar surface area (TPSA) is 152 Å². The van der Waals surface area contributed by atoms with Crippen LogP contribution in [-0.2, 0) is 25.6 Å². The van der Waals surface area contributed by atoms with Crippen LogP contribution in [0.5, 0.6) is 5.75 Å². The smallest absolute Gasteiger partial charge is 0.319 e. The molecule has 2 heterocycles. The predicted octanol–water partition coefficient (Wildman–Crippen LogP) is 3.31. The molecule has 5 rings (SSSR count). The quantitative estimate of drug-likeness (QED) is 0.223. The van der Waals surface area contributed by atoms with Gasteiger partial charge in [0.05, 0.1) is 35.9 Å². The van der Waals surface area contributed by atoms with Gasteiger partial charge in [-0.1, -0.05) is 59.6 Å². The van der Waals surface area contributed by atoms with Crippen LogP contribution < -0.4 is 30.9 Å². The molecule has 0 saturated carbocycles. The highest BCUT2D eigenvalue weighted by molar-refractivity contribution is 6.43. The Balaban J connectivity index is 1.15. The second kappa shape index (κ2) is 17.8. The number of piperazine rings is 1. The monoisotopic (exact) mass is 737 g/mol. The highest BCUT2D eigenvalue weighted by atomic mass is 35.5. The molecule has 2 saturated heterocycles. The van der Waals surface area contributed by atoms with Crippen LogP contribution in [0.25, 0.3) is 0 Å². The van der Waals surface area contributed by atoms with E-state index >= 15 is 0 Å². The van der Waals surface area contributed by atoms with Crippen LogP contribution in [0.4, 0.5) is 16.2 Å². The summed E-state index contributed by atoms with van der Waals surface area (Å²) in [7, 11) is 1.53. The minimum atomic E-state index is -0.972. The van der Waals surface area contributed by atoms with Gasteiger partial charge in [-0.15, -0.1) is 0 Å². The number of ether oxygens (including phenoxy) is 1. The number of halogens is 2. The molecule has 0 aromatic heterocycles. The zero-order chi connectivity index (χ0) is 36.3. The van der Waals surface area contributed by atoms with Gasteiger partial charge in [-0.25, -0.2) is 4.79 Å². The second-order valence-corrected chi connectivity index (χ2v) is 13.0. The Kier molecular flexibility index (Phi) is 13.0. The fourth-order valence-electron chi connectivity index (χ4n) is 6.15. The fourth-order valence-corrected chi connectivity index (χ4v) is 6.56. The first kappa shape index (κ1) is 37.3. The van der Waals surface area contributed by atoms with Gasteiger partial charge in [0.15, 0.2) is 0 Å². The number of carbonyl (C=O) groups excluding carboxylic acids is 5. The number of likely N-dealkylation sites (tertiary alicyclic amines) is 1. The number of nitrogens with one attached hydrogen (secondary N) is 4. The van der Waals surface area contributed by atoms with E-state index in [1.807, 2.05) is 42.5 Å². The van der Waals surface area contributed by atoms with Crippen LogP contribution in [0.2, 0.25) is 10.0 Å². The molecule has 6 amide bonds. The number of amides is 6. The van der Waals surface area contributed by atoms with E-state index in [9.17, 15) is 24.0 Å². The van der Waals surface area contributed by atoms with Crippen molar-refractivity contribution < 1.29 is 28.7 Å². The zero-order valence-corrected chi connectivity index (χ0v) is 29.7. The molecule has 2 fully saturated rings. The molecule has 51 heavy (non-hydrogen) atoms. The predicted molar refractivity (Wildman–Crippen MR) is 195 cm³/mol. The van der Waals surface area contributed by atoms with Crippen LogP contribution in [-0.4, -0.2) is 104 Å². The van der Waals surface area contributed by atoms with Crippen molar-refractivity contribution in [3.63, 3.8) is 0 Å². The van der Waals surface area contributed by atoms with E-state index in [1.165, 1.54) is 7.11 Å². The summed E-state index contributed by atoms with van der Waals surface area (Å²) in [5, 5.41) is 11.2. The second-order valence-electron chi connectivity index (χ2n) is 12.2. The van der Waals surface area contributed by atoms with Gasteiger partial charge < -0.3 is 40.7 Å². The molecule has 270 valence electrons. The van der Waals surface area contributed by atoms with E-state index in [0.29, 0.717) is 67.0 Å². The molecule has 0 unspecified atom stereocenters. The number of urea groups is 1. The molecule has 0 bridgehead atoms. The van der Waals surface area contributed by atoms with Crippen molar-refractivity contribution in [1.29, 1.82) is 0 Å². The van der Waals surface area contributed by atoms with Crippen molar-refractivity contribution in [2.45, 2.75) is 31.3 Å². The molecule has 2 aliphatic heterocycles. The Morgan fingerprint density at radius 2 is 1.53 bits per heavy atom. The first-order valence-corrected chi connectivity index (χ1v) is 17.5. The molecule has 4 N–H and O–H groups in total. The molecular weight excluding hydrogens is 697 g/mol. The lowest BCUT2D eigenvalue weighted by atomic mass is 10.0. The maximum Gasteiger partial charge on any atom is 0.319 e. The molecular formula is C36H41Cl2N7O6. The number of benzene rings is 3. The lowest BCUT2D eigenvalue weighted by Crippen LogP contribution is -2.58. The summed E-state index contributed by atoms with van der Waals surface area (Å²) < 4.78 is 5.09. The molecule has 13 nitrogen and oxygen atoms in total. The third-order valence-electron chi connectivity index (χ3n) is 8.80. The van der Waals surface area contributed by atoms with Crippen LogP contribution in [0, 0.1) is 0 Å². The van der Waals surface area contributed by atoms with Gasteiger partial charge in [-0.05, 0) is 54.8 Å². The van der Waals surface area contributed by atoms with Crippen LogP contribution in [0.3, 0.4) is 0 Å². The number of nitrogens with zero attached hydrogens (tertiary/aromatic N) is 3. The number of methoxy groups -OCH3 is 1. The minimum Gasteiger partial charge on any atom is -0.497 e. The van der Waals surface area contributed by atoms with Crippen molar-refractivity contribution in [2.75, 3.05) is 63.1 Å². The average Bonchev–Trinajstić information content (AvgIpc) is 3.64. The summed E-state index contributed by atoms with van der Waals surface area (Å²) >= 11 is 12.6. The lowest BCUT2D eigenvalue weighted by Gasteiger charge is -2.39. The largest absolute Gasteiger partial charge is 0.497 e. The van der Waals surface area contributed by atoms with E-state index in [1.54, 1.807) is 40.1 Å². The molecule has 3 aromatic rings. The van der Waals surface area contributed by atoms with Gasteiger partial charge in [0.2, 0.25) is 23.6 Å². The van der Waals surface area contributed by atoms with Crippen LogP contribution in [0.1, 0.15) is 18.4 Å². The number of hydrogen-bond acceptors (Lipinski definition) is 7. The first-order chi connectivity index (χ1) is 24.6. The van der Waals surface area contributed by atoms with E-state index in [4.69, 9.17) is 27.9 Å². The maximum atomic E-state index is 14.0. The van der Waals surface area contributed by atoms with Gasteiger partial charge in [0, 0.05) is 44.8 Å². The van der Waals surface area contributed by atoms with Gasteiger partial charge in [0.1, 0.15) is 17.8 Å². The summed E-state index contributed by atoms with van der Waals surface area (Å²) in [4.78, 5) is 71.0. The summed E-state index contributed by atoms with van der Waals surface area (Å²) in [5.41, 5.74) is 2.15. The summed E-state index contributed by atoms with van der Waals surface area (Å²) in [6.07, 6.45) is 1.37. The summed E-state index contributed by atoms with van der Waals surface area (Å²) in [6, 6.07) is 19.2. The van der Waals surface area contributed by atoms with Gasteiger partial charge >= 0.3 is 6.03 Å². The molecule has 2 aliphatic rings.